The van der Waals surface area contributed by atoms with Crippen molar-refractivity contribution in [1.82, 2.24) is 9.88 Å². The molecule has 6 nitrogen and oxygen atoms in total. The minimum absolute atomic E-state index is 0.220. The van der Waals surface area contributed by atoms with E-state index in [2.05, 4.69) is 6.07 Å². The number of hydrogen-bond acceptors (Lipinski definition) is 5. The van der Waals surface area contributed by atoms with Gasteiger partial charge in [0, 0.05) is 23.9 Å². The molecule has 0 N–H and O–H groups in total. The van der Waals surface area contributed by atoms with Gasteiger partial charge in [-0.3, -0.25) is 14.5 Å². The first-order valence-corrected chi connectivity index (χ1v) is 9.92. The minimum atomic E-state index is -0.611. The maximum absolute atomic E-state index is 12.9. The standard InChI is InChI=1S/C24H22N2O4/c1-15-9-10-17(16(2)12-15)21-13-19(18-6-3-4-7-20(18)25-21)24(29)30-14-23(28)26-11-5-8-22(26)27/h3-4,6-7,9-10,12-13H,5,8,11,14H2,1-2H3. The van der Waals surface area contributed by atoms with Gasteiger partial charge in [0.05, 0.1) is 16.8 Å². The third-order valence-electron chi connectivity index (χ3n) is 5.30. The molecule has 1 fully saturated rings. The second-order valence-corrected chi connectivity index (χ2v) is 7.51. The number of ether oxygens (including phenoxy) is 1. The van der Waals surface area contributed by atoms with Crippen LogP contribution in [0, 0.1) is 13.8 Å². The smallest absolute Gasteiger partial charge is 0.339 e. The Morgan fingerprint density at radius 1 is 1.10 bits per heavy atom. The summed E-state index contributed by atoms with van der Waals surface area (Å²) in [6, 6.07) is 15.1. The second kappa shape index (κ2) is 8.06. The molecule has 2 heterocycles. The number of para-hydroxylation sites is 1. The van der Waals surface area contributed by atoms with Gasteiger partial charge in [0.1, 0.15) is 0 Å². The number of nitrogens with zero attached hydrogens (tertiary/aromatic N) is 2. The van der Waals surface area contributed by atoms with Crippen LogP contribution in [-0.4, -0.2) is 40.8 Å². The van der Waals surface area contributed by atoms with Crippen LogP contribution in [0.4, 0.5) is 0 Å². The van der Waals surface area contributed by atoms with E-state index in [-0.39, 0.29) is 5.91 Å². The number of aromatic nitrogens is 1. The number of carbonyl (C=O) groups is 3. The van der Waals surface area contributed by atoms with E-state index in [9.17, 15) is 14.4 Å². The third kappa shape index (κ3) is 3.81. The number of carbonyl (C=O) groups excluding carboxylic acids is 3. The fourth-order valence-electron chi connectivity index (χ4n) is 3.78. The van der Waals surface area contributed by atoms with Crippen molar-refractivity contribution in [2.75, 3.05) is 13.2 Å². The fraction of sp³-hybridized carbons (Fsp3) is 0.250. The monoisotopic (exact) mass is 402 g/mol. The maximum atomic E-state index is 12.9. The number of hydrogen-bond donors (Lipinski definition) is 0. The molecule has 4 rings (SSSR count). The predicted octanol–water partition coefficient (Wildman–Crippen LogP) is 3.82. The van der Waals surface area contributed by atoms with Gasteiger partial charge in [-0.1, -0.05) is 42.0 Å². The highest BCUT2D eigenvalue weighted by Gasteiger charge is 2.27. The summed E-state index contributed by atoms with van der Waals surface area (Å²) >= 11 is 0. The Morgan fingerprint density at radius 2 is 1.90 bits per heavy atom. The number of aryl methyl sites for hydroxylation is 2. The van der Waals surface area contributed by atoms with Crippen molar-refractivity contribution in [2.45, 2.75) is 26.7 Å². The fourth-order valence-corrected chi connectivity index (χ4v) is 3.78. The Labute approximate surface area is 174 Å². The molecule has 1 aliphatic rings. The van der Waals surface area contributed by atoms with Gasteiger partial charge in [0.15, 0.2) is 6.61 Å². The number of rotatable bonds is 4. The number of likely N-dealkylation sites (tertiary alicyclic amines) is 1. The van der Waals surface area contributed by atoms with Gasteiger partial charge in [0.25, 0.3) is 5.91 Å². The van der Waals surface area contributed by atoms with Gasteiger partial charge in [-0.2, -0.15) is 0 Å². The van der Waals surface area contributed by atoms with Crippen LogP contribution >= 0.6 is 0 Å². The highest BCUT2D eigenvalue weighted by Crippen LogP contribution is 2.28. The number of pyridine rings is 1. The molecule has 30 heavy (non-hydrogen) atoms. The number of fused-ring (bicyclic) bond motifs is 1. The molecule has 2 amide bonds. The minimum Gasteiger partial charge on any atom is -0.452 e. The molecule has 1 saturated heterocycles. The first-order valence-electron chi connectivity index (χ1n) is 9.92. The summed E-state index contributed by atoms with van der Waals surface area (Å²) in [5.74, 6) is -1.32. The number of esters is 1. The Morgan fingerprint density at radius 3 is 2.63 bits per heavy atom. The molecule has 0 unspecified atom stereocenters. The first kappa shape index (κ1) is 19.8. The van der Waals surface area contributed by atoms with Crippen molar-refractivity contribution in [3.05, 3.63) is 65.2 Å². The molecule has 1 aromatic heterocycles. The van der Waals surface area contributed by atoms with Gasteiger partial charge >= 0.3 is 5.97 Å². The van der Waals surface area contributed by atoms with Crippen LogP contribution in [0.1, 0.15) is 34.3 Å². The summed E-state index contributed by atoms with van der Waals surface area (Å²) in [7, 11) is 0. The summed E-state index contributed by atoms with van der Waals surface area (Å²) in [5.41, 5.74) is 4.81. The van der Waals surface area contributed by atoms with Crippen LogP contribution < -0.4 is 0 Å². The lowest BCUT2D eigenvalue weighted by Crippen LogP contribution is -2.35. The zero-order valence-electron chi connectivity index (χ0n) is 17.0. The molecule has 152 valence electrons. The molecule has 1 aliphatic heterocycles. The highest BCUT2D eigenvalue weighted by molar-refractivity contribution is 6.05. The molecule has 3 aromatic rings. The van der Waals surface area contributed by atoms with Crippen molar-refractivity contribution in [3.8, 4) is 11.3 Å². The van der Waals surface area contributed by atoms with E-state index in [0.717, 1.165) is 21.6 Å². The Kier molecular flexibility index (Phi) is 5.31. The lowest BCUT2D eigenvalue weighted by atomic mass is 9.99. The molecular formula is C24H22N2O4. The summed E-state index contributed by atoms with van der Waals surface area (Å²) in [5, 5.41) is 0.653. The molecule has 0 atom stereocenters. The maximum Gasteiger partial charge on any atom is 0.339 e. The van der Waals surface area contributed by atoms with Crippen molar-refractivity contribution in [1.29, 1.82) is 0 Å². The quantitative estimate of drug-likeness (QED) is 0.620. The average Bonchev–Trinajstić information content (AvgIpc) is 3.17. The molecule has 2 aromatic carbocycles. The number of imide groups is 1. The third-order valence-corrected chi connectivity index (χ3v) is 5.30. The molecule has 0 bridgehead atoms. The van der Waals surface area contributed by atoms with E-state index >= 15 is 0 Å². The van der Waals surface area contributed by atoms with E-state index in [1.807, 2.05) is 44.2 Å². The van der Waals surface area contributed by atoms with Gasteiger partial charge in [-0.15, -0.1) is 0 Å². The second-order valence-electron chi connectivity index (χ2n) is 7.51. The SMILES string of the molecule is Cc1ccc(-c2cc(C(=O)OCC(=O)N3CCCC3=O)c3ccccc3n2)c(C)c1. The van der Waals surface area contributed by atoms with E-state index in [1.165, 1.54) is 0 Å². The predicted molar refractivity (Wildman–Crippen MR) is 113 cm³/mol. The van der Waals surface area contributed by atoms with E-state index < -0.39 is 18.5 Å². The van der Waals surface area contributed by atoms with Crippen LogP contribution in [0.15, 0.2) is 48.5 Å². The first-order chi connectivity index (χ1) is 14.4. The molecule has 0 spiro atoms. The number of benzene rings is 2. The van der Waals surface area contributed by atoms with Gasteiger partial charge in [-0.25, -0.2) is 9.78 Å². The topological polar surface area (TPSA) is 76.6 Å². The van der Waals surface area contributed by atoms with Crippen LogP contribution in [0.2, 0.25) is 0 Å². The van der Waals surface area contributed by atoms with E-state index in [4.69, 9.17) is 9.72 Å². The lowest BCUT2D eigenvalue weighted by molar-refractivity contribution is -0.143. The summed E-state index contributed by atoms with van der Waals surface area (Å²) in [6.07, 6.45) is 1.00. The van der Waals surface area contributed by atoms with Crippen LogP contribution in [0.5, 0.6) is 0 Å². The zero-order valence-corrected chi connectivity index (χ0v) is 17.0. The molecule has 6 heteroatoms. The zero-order chi connectivity index (χ0) is 21.3. The van der Waals surface area contributed by atoms with Gasteiger partial charge in [0.2, 0.25) is 5.91 Å². The van der Waals surface area contributed by atoms with E-state index in [1.54, 1.807) is 12.1 Å². The Hall–Kier alpha value is -3.54. The largest absolute Gasteiger partial charge is 0.452 e. The lowest BCUT2D eigenvalue weighted by Gasteiger charge is -2.14. The van der Waals surface area contributed by atoms with Crippen molar-refractivity contribution in [2.24, 2.45) is 0 Å². The Balaban J connectivity index is 1.66. The van der Waals surface area contributed by atoms with Crippen LogP contribution in [0.25, 0.3) is 22.2 Å². The van der Waals surface area contributed by atoms with Gasteiger partial charge < -0.3 is 4.74 Å². The molecular weight excluding hydrogens is 380 g/mol. The molecule has 0 radical (unpaired) electrons. The molecule has 0 aliphatic carbocycles. The highest BCUT2D eigenvalue weighted by atomic mass is 16.5. The summed E-state index contributed by atoms with van der Waals surface area (Å²) < 4.78 is 5.29. The van der Waals surface area contributed by atoms with Crippen molar-refractivity contribution < 1.29 is 19.1 Å². The normalized spacial score (nSPS) is 13.7. The van der Waals surface area contributed by atoms with Gasteiger partial charge in [-0.05, 0) is 38.0 Å². The average molecular weight is 402 g/mol. The summed E-state index contributed by atoms with van der Waals surface area (Å²) in [4.78, 5) is 42.7. The molecule has 0 saturated carbocycles. The van der Waals surface area contributed by atoms with Crippen molar-refractivity contribution >= 4 is 28.7 Å². The van der Waals surface area contributed by atoms with Crippen LogP contribution in [0.3, 0.4) is 0 Å². The summed E-state index contributed by atoms with van der Waals surface area (Å²) in [6.45, 7) is 3.95. The van der Waals surface area contributed by atoms with E-state index in [0.29, 0.717) is 41.5 Å². The number of amides is 2. The Bertz CT molecular complexity index is 1170. The van der Waals surface area contributed by atoms with Crippen LogP contribution in [-0.2, 0) is 14.3 Å². The van der Waals surface area contributed by atoms with Crippen molar-refractivity contribution in [3.63, 3.8) is 0 Å².